The summed E-state index contributed by atoms with van der Waals surface area (Å²) in [5.74, 6) is -0.610. The molecule has 2 heterocycles. The largest absolute Gasteiger partial charge is 0.326 e. The van der Waals surface area contributed by atoms with Gasteiger partial charge in [-0.2, -0.15) is 10.1 Å². The normalized spacial score (nSPS) is 18.8. The Morgan fingerprint density at radius 1 is 0.923 bits per heavy atom. The number of rotatable bonds is 5. The van der Waals surface area contributed by atoms with Gasteiger partial charge in [-0.3, -0.25) is 9.59 Å². The molecule has 9 heteroatoms. The van der Waals surface area contributed by atoms with E-state index in [2.05, 4.69) is 40.6 Å². The number of anilines is 1. The van der Waals surface area contributed by atoms with Crippen LogP contribution < -0.4 is 5.32 Å². The Kier molecular flexibility index (Phi) is 7.12. The fraction of sp³-hybridized carbons (Fsp3) is 0.133. The second-order valence-corrected chi connectivity index (χ2v) is 11.4. The number of aliphatic imine (C=N–C) groups is 1. The molecule has 0 aromatic heterocycles. The smallest absolute Gasteiger partial charge is 0.262 e. The van der Waals surface area contributed by atoms with E-state index in [1.54, 1.807) is 24.3 Å². The lowest BCUT2D eigenvalue weighted by Gasteiger charge is -2.23. The van der Waals surface area contributed by atoms with Gasteiger partial charge in [0.1, 0.15) is 5.25 Å². The number of halogens is 2. The highest BCUT2D eigenvalue weighted by Gasteiger charge is 2.39. The van der Waals surface area contributed by atoms with E-state index in [1.807, 2.05) is 41.4 Å². The van der Waals surface area contributed by atoms with Crippen LogP contribution in [-0.4, -0.2) is 33.0 Å². The molecule has 6 rings (SSSR count). The van der Waals surface area contributed by atoms with E-state index in [4.69, 9.17) is 28.3 Å². The van der Waals surface area contributed by atoms with Crippen LogP contribution >= 0.6 is 35.0 Å². The van der Waals surface area contributed by atoms with E-state index in [-0.39, 0.29) is 24.3 Å². The Labute approximate surface area is 239 Å². The van der Waals surface area contributed by atoms with Gasteiger partial charge in [0, 0.05) is 28.6 Å². The molecular formula is C30H22Cl2N4O2S. The van der Waals surface area contributed by atoms with Crippen molar-refractivity contribution in [1.29, 1.82) is 0 Å². The Morgan fingerprint density at radius 3 is 2.36 bits per heavy atom. The molecule has 194 valence electrons. The van der Waals surface area contributed by atoms with Crippen LogP contribution in [0.3, 0.4) is 0 Å². The minimum Gasteiger partial charge on any atom is -0.326 e. The van der Waals surface area contributed by atoms with Gasteiger partial charge in [-0.15, -0.1) is 0 Å². The number of hydrogen-bond donors (Lipinski definition) is 1. The number of nitrogens with one attached hydrogen (secondary N) is 1. The molecule has 0 bridgehead atoms. The maximum absolute atomic E-state index is 12.9. The highest BCUT2D eigenvalue weighted by Crippen LogP contribution is 2.39. The van der Waals surface area contributed by atoms with Gasteiger partial charge in [0.05, 0.1) is 11.8 Å². The van der Waals surface area contributed by atoms with Crippen LogP contribution in [0.2, 0.25) is 10.0 Å². The number of thioether (sulfide) groups is 1. The van der Waals surface area contributed by atoms with Gasteiger partial charge in [-0.1, -0.05) is 83.5 Å². The lowest BCUT2D eigenvalue weighted by atomic mass is 9.97. The van der Waals surface area contributed by atoms with Gasteiger partial charge < -0.3 is 5.32 Å². The summed E-state index contributed by atoms with van der Waals surface area (Å²) in [4.78, 5) is 29.9. The van der Waals surface area contributed by atoms with Gasteiger partial charge >= 0.3 is 0 Å². The zero-order valence-corrected chi connectivity index (χ0v) is 22.9. The molecule has 2 atom stereocenters. The average molecular weight is 574 g/mol. The second-order valence-electron chi connectivity index (χ2n) is 9.32. The molecule has 2 amide bonds. The lowest BCUT2D eigenvalue weighted by molar-refractivity contribution is -0.121. The summed E-state index contributed by atoms with van der Waals surface area (Å²) in [6.45, 7) is 0. The zero-order chi connectivity index (χ0) is 26.9. The quantitative estimate of drug-likeness (QED) is 0.272. The number of nitrogens with zero attached hydrogens (tertiary/aromatic N) is 3. The number of amides is 2. The van der Waals surface area contributed by atoms with Crippen LogP contribution in [0, 0.1) is 0 Å². The van der Waals surface area contributed by atoms with Crippen LogP contribution in [0.4, 0.5) is 5.69 Å². The van der Waals surface area contributed by atoms with Gasteiger partial charge in [-0.25, -0.2) is 5.01 Å². The van der Waals surface area contributed by atoms with E-state index in [1.165, 1.54) is 11.8 Å². The van der Waals surface area contributed by atoms with Crippen molar-refractivity contribution in [3.8, 4) is 0 Å². The molecule has 4 aromatic carbocycles. The van der Waals surface area contributed by atoms with Gasteiger partial charge in [0.25, 0.3) is 5.91 Å². The number of carbonyl (C=O) groups excluding carboxylic acids is 2. The summed E-state index contributed by atoms with van der Waals surface area (Å²) in [6.07, 6.45) is 0.634. The molecule has 4 aromatic rings. The SMILES string of the molecule is O=C(CC1SC(N2N=C(c3ccc4ccccc4c3)CC2c2ccc(Cl)cc2)=NC1=O)Nc1ccc(Cl)cc1. The Bertz CT molecular complexity index is 1640. The molecular weight excluding hydrogens is 551 g/mol. The van der Waals surface area contributed by atoms with Crippen LogP contribution in [-0.2, 0) is 9.59 Å². The lowest BCUT2D eigenvalue weighted by Crippen LogP contribution is -2.25. The minimum absolute atomic E-state index is 0.000175. The van der Waals surface area contributed by atoms with E-state index in [0.717, 1.165) is 27.6 Å². The Hall–Kier alpha value is -3.65. The van der Waals surface area contributed by atoms with Gasteiger partial charge in [0.2, 0.25) is 5.91 Å². The number of hydrogen-bond acceptors (Lipinski definition) is 5. The summed E-state index contributed by atoms with van der Waals surface area (Å²) in [7, 11) is 0. The zero-order valence-electron chi connectivity index (χ0n) is 20.6. The third-order valence-electron chi connectivity index (χ3n) is 6.67. The summed E-state index contributed by atoms with van der Waals surface area (Å²) < 4.78 is 0. The number of benzene rings is 4. The molecule has 0 aliphatic carbocycles. The van der Waals surface area contributed by atoms with Crippen molar-refractivity contribution in [3.63, 3.8) is 0 Å². The highest BCUT2D eigenvalue weighted by molar-refractivity contribution is 8.15. The molecule has 2 unspecified atom stereocenters. The monoisotopic (exact) mass is 572 g/mol. The van der Waals surface area contributed by atoms with Crippen molar-refractivity contribution in [2.45, 2.75) is 24.1 Å². The first kappa shape index (κ1) is 25.6. The van der Waals surface area contributed by atoms with Gasteiger partial charge in [0.15, 0.2) is 5.17 Å². The standard InChI is InChI=1S/C30H22Cl2N4O2S/c31-22-9-7-19(8-10-22)26-16-25(21-6-5-18-3-1-2-4-20(18)15-21)35-36(26)30-34-29(38)27(39-30)17-28(37)33-24-13-11-23(32)12-14-24/h1-15,26-27H,16-17H2,(H,33,37). The topological polar surface area (TPSA) is 74.1 Å². The molecule has 0 fully saturated rings. The molecule has 0 saturated heterocycles. The van der Waals surface area contributed by atoms with Crippen LogP contribution in [0.5, 0.6) is 0 Å². The number of carbonyl (C=O) groups is 2. The van der Waals surface area contributed by atoms with Crippen molar-refractivity contribution in [2.75, 3.05) is 5.32 Å². The molecule has 0 saturated carbocycles. The summed E-state index contributed by atoms with van der Waals surface area (Å²) >= 11 is 13.3. The maximum Gasteiger partial charge on any atom is 0.262 e. The van der Waals surface area contributed by atoms with E-state index >= 15 is 0 Å². The second kappa shape index (κ2) is 10.8. The Morgan fingerprint density at radius 2 is 1.62 bits per heavy atom. The fourth-order valence-corrected chi connectivity index (χ4v) is 6.01. The van der Waals surface area contributed by atoms with E-state index in [0.29, 0.717) is 27.3 Å². The third-order valence-corrected chi connectivity index (χ3v) is 8.32. The number of hydrazone groups is 1. The van der Waals surface area contributed by atoms with Crippen molar-refractivity contribution < 1.29 is 9.59 Å². The number of amidine groups is 1. The fourth-order valence-electron chi connectivity index (χ4n) is 4.69. The number of fused-ring (bicyclic) bond motifs is 1. The van der Waals surface area contributed by atoms with Crippen molar-refractivity contribution in [3.05, 3.63) is 112 Å². The Balaban J connectivity index is 1.24. The van der Waals surface area contributed by atoms with Crippen molar-refractivity contribution >= 4 is 74.1 Å². The molecule has 39 heavy (non-hydrogen) atoms. The van der Waals surface area contributed by atoms with Gasteiger partial charge in [-0.05, 0) is 64.4 Å². The van der Waals surface area contributed by atoms with Crippen LogP contribution in [0.1, 0.15) is 30.0 Å². The average Bonchev–Trinajstić information content (AvgIpc) is 3.54. The molecule has 0 spiro atoms. The molecule has 6 nitrogen and oxygen atoms in total. The first-order chi connectivity index (χ1) is 18.9. The third kappa shape index (κ3) is 5.57. The van der Waals surface area contributed by atoms with E-state index < -0.39 is 5.25 Å². The van der Waals surface area contributed by atoms with Crippen molar-refractivity contribution in [2.24, 2.45) is 10.1 Å². The van der Waals surface area contributed by atoms with Crippen molar-refractivity contribution in [1.82, 2.24) is 5.01 Å². The molecule has 0 radical (unpaired) electrons. The first-order valence-corrected chi connectivity index (χ1v) is 14.0. The predicted molar refractivity (Wildman–Crippen MR) is 160 cm³/mol. The molecule has 1 N–H and O–H groups in total. The molecule has 2 aliphatic heterocycles. The first-order valence-electron chi connectivity index (χ1n) is 12.4. The molecule has 2 aliphatic rings. The summed E-state index contributed by atoms with van der Waals surface area (Å²) in [5, 5.41) is 13.0. The predicted octanol–water partition coefficient (Wildman–Crippen LogP) is 7.32. The van der Waals surface area contributed by atoms with Crippen LogP contribution in [0.25, 0.3) is 10.8 Å². The van der Waals surface area contributed by atoms with Crippen LogP contribution in [0.15, 0.2) is 101 Å². The minimum atomic E-state index is -0.627. The summed E-state index contributed by atoms with van der Waals surface area (Å²) in [6, 6.07) is 28.8. The summed E-state index contributed by atoms with van der Waals surface area (Å²) in [5.41, 5.74) is 3.55. The van der Waals surface area contributed by atoms with E-state index in [9.17, 15) is 9.59 Å². The highest BCUT2D eigenvalue weighted by atomic mass is 35.5. The maximum atomic E-state index is 12.9.